The lowest BCUT2D eigenvalue weighted by molar-refractivity contribution is -0.159. The molecule has 0 radical (unpaired) electrons. The molecule has 0 aliphatic rings. The van der Waals surface area contributed by atoms with Crippen molar-refractivity contribution in [2.75, 3.05) is 52.5 Å². The number of hydrogen-bond donors (Lipinski definition) is 2. The van der Waals surface area contributed by atoms with Gasteiger partial charge in [-0.25, -0.2) is 9.59 Å². The van der Waals surface area contributed by atoms with Gasteiger partial charge in [0.15, 0.2) is 0 Å². The molecule has 330 valence electrons. The van der Waals surface area contributed by atoms with Gasteiger partial charge in [-0.3, -0.25) is 9.59 Å². The quantitative estimate of drug-likeness (QED) is 0.0269. The molecule has 2 N–H and O–H groups in total. The average molecular weight is 798 g/mol. The van der Waals surface area contributed by atoms with Crippen molar-refractivity contribution in [3.05, 3.63) is 0 Å². The van der Waals surface area contributed by atoms with Gasteiger partial charge in [-0.05, 0) is 51.6 Å². The summed E-state index contributed by atoms with van der Waals surface area (Å²) in [5, 5.41) is 5.70. The van der Waals surface area contributed by atoms with Crippen LogP contribution in [0.2, 0.25) is 0 Å². The molecule has 0 saturated heterocycles. The Morgan fingerprint density at radius 2 is 1.00 bits per heavy atom. The predicted molar refractivity (Wildman–Crippen MR) is 228 cm³/mol. The van der Waals surface area contributed by atoms with Gasteiger partial charge in [-0.15, -0.1) is 0 Å². The van der Waals surface area contributed by atoms with Crippen LogP contribution in [0.4, 0.5) is 9.59 Å². The zero-order chi connectivity index (χ0) is 41.3. The summed E-state index contributed by atoms with van der Waals surface area (Å²) in [5.74, 6) is -1.82. The Morgan fingerprint density at radius 3 is 1.52 bits per heavy atom. The topological polar surface area (TPSA) is 132 Å². The Bertz CT molecular complexity index is 917. The van der Waals surface area contributed by atoms with Crippen molar-refractivity contribution in [1.29, 1.82) is 0 Å². The summed E-state index contributed by atoms with van der Waals surface area (Å²) in [6.45, 7) is 14.1. The zero-order valence-corrected chi connectivity index (χ0v) is 36.9. The molecular formula is C45H87N3O8. The van der Waals surface area contributed by atoms with Crippen molar-refractivity contribution in [2.24, 2.45) is 5.92 Å². The third-order valence-corrected chi connectivity index (χ3v) is 10.4. The number of ether oxygens (including phenoxy) is 4. The molecule has 0 fully saturated rings. The fraction of sp³-hybridized carbons (Fsp3) is 0.911. The molecule has 0 spiro atoms. The fourth-order valence-electron chi connectivity index (χ4n) is 6.67. The Morgan fingerprint density at radius 1 is 0.518 bits per heavy atom. The molecule has 0 heterocycles. The molecule has 0 aromatic rings. The number of unbranched alkanes of at least 4 members (excludes halogenated alkanes) is 19. The van der Waals surface area contributed by atoms with E-state index in [0.717, 1.165) is 71.0 Å². The molecule has 1 atom stereocenters. The van der Waals surface area contributed by atoms with Gasteiger partial charge in [0.2, 0.25) is 0 Å². The molecule has 0 bridgehead atoms. The summed E-state index contributed by atoms with van der Waals surface area (Å²) in [7, 11) is 0. The van der Waals surface area contributed by atoms with E-state index in [1.165, 1.54) is 103 Å². The predicted octanol–water partition coefficient (Wildman–Crippen LogP) is 11.1. The van der Waals surface area contributed by atoms with E-state index in [1.807, 2.05) is 0 Å². The van der Waals surface area contributed by atoms with Crippen LogP contribution in [0, 0.1) is 5.92 Å². The van der Waals surface area contributed by atoms with Gasteiger partial charge in [0.1, 0.15) is 19.1 Å². The highest BCUT2D eigenvalue weighted by molar-refractivity contribution is 5.91. The van der Waals surface area contributed by atoms with Gasteiger partial charge in [-0.1, -0.05) is 157 Å². The number of nitrogens with zero attached hydrogens (tertiary/aromatic N) is 1. The number of hydrogen-bond acceptors (Lipinski definition) is 9. The lowest BCUT2D eigenvalue weighted by Crippen LogP contribution is -2.41. The largest absolute Gasteiger partial charge is 0.508 e. The Hall–Kier alpha value is -2.56. The Labute approximate surface area is 343 Å². The van der Waals surface area contributed by atoms with Gasteiger partial charge < -0.3 is 34.5 Å². The van der Waals surface area contributed by atoms with Gasteiger partial charge in [0.05, 0.1) is 13.2 Å². The van der Waals surface area contributed by atoms with Crippen LogP contribution < -0.4 is 10.6 Å². The summed E-state index contributed by atoms with van der Waals surface area (Å²) in [6.07, 6.45) is 27.0. The second kappa shape index (κ2) is 40.6. The minimum Gasteiger partial charge on any atom is -0.465 e. The Kier molecular flexibility index (Phi) is 38.8. The third kappa shape index (κ3) is 35.8. The van der Waals surface area contributed by atoms with Crippen LogP contribution in [0.1, 0.15) is 202 Å². The molecule has 2 amide bonds. The second-order valence-electron chi connectivity index (χ2n) is 15.6. The van der Waals surface area contributed by atoms with E-state index in [0.29, 0.717) is 13.0 Å². The minimum atomic E-state index is -0.809. The van der Waals surface area contributed by atoms with Gasteiger partial charge in [0.25, 0.3) is 0 Å². The molecule has 0 aromatic heterocycles. The van der Waals surface area contributed by atoms with Crippen molar-refractivity contribution in [3.63, 3.8) is 0 Å². The number of rotatable bonds is 40. The van der Waals surface area contributed by atoms with Crippen LogP contribution in [0.15, 0.2) is 0 Å². The van der Waals surface area contributed by atoms with Crippen LogP contribution in [-0.4, -0.2) is 87.7 Å². The molecule has 56 heavy (non-hydrogen) atoms. The summed E-state index contributed by atoms with van der Waals surface area (Å²) < 4.78 is 21.9. The first-order valence-electron chi connectivity index (χ1n) is 23.2. The summed E-state index contributed by atoms with van der Waals surface area (Å²) in [5.41, 5.74) is 0. The first-order chi connectivity index (χ1) is 27.3. The van der Waals surface area contributed by atoms with Gasteiger partial charge >= 0.3 is 24.1 Å². The van der Waals surface area contributed by atoms with Crippen LogP contribution in [0.5, 0.6) is 0 Å². The highest BCUT2D eigenvalue weighted by Crippen LogP contribution is 2.18. The van der Waals surface area contributed by atoms with E-state index in [4.69, 9.17) is 18.9 Å². The van der Waals surface area contributed by atoms with E-state index in [2.05, 4.69) is 50.2 Å². The van der Waals surface area contributed by atoms with E-state index in [9.17, 15) is 19.2 Å². The average Bonchev–Trinajstić information content (AvgIpc) is 3.19. The molecule has 0 aromatic carbocycles. The number of carbonyl (C=O) groups excluding carboxylic acids is 4. The van der Waals surface area contributed by atoms with Crippen LogP contribution >= 0.6 is 0 Å². The summed E-state index contributed by atoms with van der Waals surface area (Å²) in [6, 6.07) is -0.332. The molecule has 0 aliphatic heterocycles. The normalized spacial score (nSPS) is 11.8. The first-order valence-corrected chi connectivity index (χ1v) is 23.2. The van der Waals surface area contributed by atoms with Crippen molar-refractivity contribution in [1.82, 2.24) is 15.5 Å². The number of urea groups is 1. The zero-order valence-electron chi connectivity index (χ0n) is 36.9. The highest BCUT2D eigenvalue weighted by atomic mass is 16.7. The van der Waals surface area contributed by atoms with Crippen LogP contribution in [0.25, 0.3) is 0 Å². The standard InChI is InChI=1S/C45H87N3O8/c1-6-11-14-17-20-21-22-23-26-29-33-46-44(51)47-37-40(39-55-45(52)53-35-30-34-48(9-4)10-5)38-54-42(49)36-43(50)56-41(31-27-24-18-15-12-7-2)32-28-25-19-16-13-8-3/h40-41H,6-39H2,1-5H3,(H2,46,47,51). The molecule has 0 saturated carbocycles. The van der Waals surface area contributed by atoms with Crippen molar-refractivity contribution in [2.45, 2.75) is 208 Å². The number of esters is 2. The van der Waals surface area contributed by atoms with E-state index < -0.39 is 30.4 Å². The minimum absolute atomic E-state index is 0.107. The molecular weight excluding hydrogens is 711 g/mol. The third-order valence-electron chi connectivity index (χ3n) is 10.4. The highest BCUT2D eigenvalue weighted by Gasteiger charge is 2.21. The van der Waals surface area contributed by atoms with E-state index >= 15 is 0 Å². The lowest BCUT2D eigenvalue weighted by atomic mass is 10.0. The SMILES string of the molecule is CCCCCCCCCCCCNC(=O)NCC(COC(=O)CC(=O)OC(CCCCCCCC)CCCCCCCC)COC(=O)OCCCN(CC)CC. The van der Waals surface area contributed by atoms with Crippen molar-refractivity contribution in [3.8, 4) is 0 Å². The summed E-state index contributed by atoms with van der Waals surface area (Å²) in [4.78, 5) is 52.8. The maximum Gasteiger partial charge on any atom is 0.508 e. The maximum atomic E-state index is 12.9. The maximum absolute atomic E-state index is 12.9. The lowest BCUT2D eigenvalue weighted by Gasteiger charge is -2.20. The fourth-order valence-corrected chi connectivity index (χ4v) is 6.67. The van der Waals surface area contributed by atoms with Crippen molar-refractivity contribution >= 4 is 24.1 Å². The summed E-state index contributed by atoms with van der Waals surface area (Å²) >= 11 is 0. The van der Waals surface area contributed by atoms with Crippen LogP contribution in [0.3, 0.4) is 0 Å². The molecule has 11 nitrogen and oxygen atoms in total. The molecule has 0 rings (SSSR count). The van der Waals surface area contributed by atoms with Crippen molar-refractivity contribution < 1.29 is 38.1 Å². The number of nitrogens with one attached hydrogen (secondary N) is 2. The first kappa shape index (κ1) is 53.4. The second-order valence-corrected chi connectivity index (χ2v) is 15.6. The van der Waals surface area contributed by atoms with E-state index in [1.54, 1.807) is 0 Å². The monoisotopic (exact) mass is 798 g/mol. The van der Waals surface area contributed by atoms with E-state index in [-0.39, 0.29) is 38.5 Å². The number of carbonyl (C=O) groups is 4. The molecule has 11 heteroatoms. The molecule has 0 aliphatic carbocycles. The van der Waals surface area contributed by atoms with Gasteiger partial charge in [0, 0.05) is 25.6 Å². The smallest absolute Gasteiger partial charge is 0.465 e. The number of amides is 2. The Balaban J connectivity index is 4.91. The van der Waals surface area contributed by atoms with Gasteiger partial charge in [-0.2, -0.15) is 0 Å². The molecule has 1 unspecified atom stereocenters. The van der Waals surface area contributed by atoms with Crippen LogP contribution in [-0.2, 0) is 28.5 Å².